The van der Waals surface area contributed by atoms with Gasteiger partial charge in [0.1, 0.15) is 12.4 Å². The second-order valence-electron chi connectivity index (χ2n) is 5.59. The van der Waals surface area contributed by atoms with Crippen molar-refractivity contribution in [1.29, 1.82) is 0 Å². The first-order chi connectivity index (χ1) is 10.0. The second-order valence-corrected chi connectivity index (χ2v) is 5.59. The van der Waals surface area contributed by atoms with Crippen molar-refractivity contribution in [3.05, 3.63) is 35.6 Å². The Morgan fingerprint density at radius 2 is 1.95 bits per heavy atom. The van der Waals surface area contributed by atoms with Crippen LogP contribution in [0.15, 0.2) is 24.3 Å². The van der Waals surface area contributed by atoms with Gasteiger partial charge in [0.25, 0.3) is 0 Å². The minimum atomic E-state index is -0.586. The van der Waals surface area contributed by atoms with Crippen molar-refractivity contribution in [2.24, 2.45) is 5.92 Å². The van der Waals surface area contributed by atoms with E-state index < -0.39 is 6.10 Å². The van der Waals surface area contributed by atoms with E-state index >= 15 is 0 Å². The average Bonchev–Trinajstić information content (AvgIpc) is 2.41. The van der Waals surface area contributed by atoms with E-state index in [1.54, 1.807) is 12.1 Å². The normalized spacial score (nSPS) is 12.6. The summed E-state index contributed by atoms with van der Waals surface area (Å²) in [5.41, 5.74) is 1.02. The summed E-state index contributed by atoms with van der Waals surface area (Å²) in [4.78, 5) is 2.14. The maximum Gasteiger partial charge on any atom is 0.123 e. The van der Waals surface area contributed by atoms with E-state index in [1.807, 2.05) is 0 Å². The Kier molecular flexibility index (Phi) is 7.99. The molecule has 0 saturated carbocycles. The molecule has 1 rings (SSSR count). The van der Waals surface area contributed by atoms with Crippen molar-refractivity contribution < 1.29 is 14.2 Å². The molecule has 0 aromatic heterocycles. The van der Waals surface area contributed by atoms with Crippen molar-refractivity contribution in [2.45, 2.75) is 26.5 Å². The van der Waals surface area contributed by atoms with Gasteiger partial charge in [-0.3, -0.25) is 4.90 Å². The Balaban J connectivity index is 2.54. The summed E-state index contributed by atoms with van der Waals surface area (Å²) in [6, 6.07) is 6.44. The first kappa shape index (κ1) is 17.6. The van der Waals surface area contributed by atoms with E-state index in [4.69, 9.17) is 11.2 Å². The number of benzene rings is 1. The lowest BCUT2D eigenvalue weighted by atomic mass is 10.1. The number of rotatable bonds is 9. The molecule has 1 aromatic carbocycles. The third kappa shape index (κ3) is 7.81. The van der Waals surface area contributed by atoms with Gasteiger partial charge in [0, 0.05) is 19.6 Å². The number of nitrogens with zero attached hydrogens (tertiary/aromatic N) is 1. The maximum absolute atomic E-state index is 12.9. The molecule has 0 amide bonds. The number of terminal acetylenes is 1. The van der Waals surface area contributed by atoms with Crippen molar-refractivity contribution in [1.82, 2.24) is 4.90 Å². The minimum Gasteiger partial charge on any atom is -0.389 e. The Bertz CT molecular complexity index is 439. The summed E-state index contributed by atoms with van der Waals surface area (Å²) in [5.74, 6) is 2.61. The summed E-state index contributed by atoms with van der Waals surface area (Å²) in [5, 5.41) is 9.99. The molecular formula is C17H24FNO2. The molecule has 0 aliphatic heterocycles. The second kappa shape index (κ2) is 9.51. The number of aliphatic hydroxyl groups is 1. The topological polar surface area (TPSA) is 32.7 Å². The Morgan fingerprint density at radius 3 is 2.52 bits per heavy atom. The zero-order chi connectivity index (χ0) is 15.7. The van der Waals surface area contributed by atoms with Crippen LogP contribution in [0.25, 0.3) is 0 Å². The molecule has 116 valence electrons. The van der Waals surface area contributed by atoms with Crippen LogP contribution in [0.3, 0.4) is 0 Å². The molecule has 0 fully saturated rings. The first-order valence-corrected chi connectivity index (χ1v) is 7.17. The molecule has 21 heavy (non-hydrogen) atoms. The van der Waals surface area contributed by atoms with Crippen molar-refractivity contribution >= 4 is 0 Å². The van der Waals surface area contributed by atoms with Crippen LogP contribution in [-0.2, 0) is 11.3 Å². The van der Waals surface area contributed by atoms with Crippen molar-refractivity contribution in [2.75, 3.05) is 26.3 Å². The summed E-state index contributed by atoms with van der Waals surface area (Å²) in [6.45, 7) is 6.70. The predicted molar refractivity (Wildman–Crippen MR) is 82.2 cm³/mol. The van der Waals surface area contributed by atoms with E-state index in [2.05, 4.69) is 24.7 Å². The standard InChI is InChI=1S/C17H24FNO2/c1-4-9-21-13-17(20)12-19(10-14(2)3)11-15-5-7-16(18)8-6-15/h1,5-8,14,17,20H,9-13H2,2-3H3. The summed E-state index contributed by atoms with van der Waals surface area (Å²) >= 11 is 0. The lowest BCUT2D eigenvalue weighted by molar-refractivity contribution is 0.0238. The van der Waals surface area contributed by atoms with Crippen LogP contribution in [-0.4, -0.2) is 42.4 Å². The molecule has 1 atom stereocenters. The van der Waals surface area contributed by atoms with E-state index in [0.29, 0.717) is 19.0 Å². The van der Waals surface area contributed by atoms with Crippen LogP contribution in [0.2, 0.25) is 0 Å². The number of halogens is 1. The summed E-state index contributed by atoms with van der Waals surface area (Å²) < 4.78 is 18.1. The molecule has 0 bridgehead atoms. The van der Waals surface area contributed by atoms with Crippen LogP contribution in [0.5, 0.6) is 0 Å². The van der Waals surface area contributed by atoms with Gasteiger partial charge in [0.2, 0.25) is 0 Å². The van der Waals surface area contributed by atoms with E-state index in [0.717, 1.165) is 12.1 Å². The van der Waals surface area contributed by atoms with Gasteiger partial charge in [-0.1, -0.05) is 31.9 Å². The molecular weight excluding hydrogens is 269 g/mol. The van der Waals surface area contributed by atoms with Gasteiger partial charge in [0.05, 0.1) is 12.7 Å². The Morgan fingerprint density at radius 1 is 1.29 bits per heavy atom. The van der Waals surface area contributed by atoms with Gasteiger partial charge >= 0.3 is 0 Å². The van der Waals surface area contributed by atoms with Crippen LogP contribution >= 0.6 is 0 Å². The fourth-order valence-electron chi connectivity index (χ4n) is 2.17. The number of hydrogen-bond donors (Lipinski definition) is 1. The molecule has 1 N–H and O–H groups in total. The van der Waals surface area contributed by atoms with Gasteiger partial charge in [0.15, 0.2) is 0 Å². The number of ether oxygens (including phenoxy) is 1. The predicted octanol–water partition coefficient (Wildman–Crippen LogP) is 2.29. The van der Waals surface area contributed by atoms with Crippen LogP contribution in [0.4, 0.5) is 4.39 Å². The lowest BCUT2D eigenvalue weighted by Gasteiger charge is -2.26. The largest absolute Gasteiger partial charge is 0.389 e. The molecule has 1 aromatic rings. The lowest BCUT2D eigenvalue weighted by Crippen LogP contribution is -2.36. The van der Waals surface area contributed by atoms with Gasteiger partial charge < -0.3 is 9.84 Å². The molecule has 4 heteroatoms. The summed E-state index contributed by atoms with van der Waals surface area (Å²) in [7, 11) is 0. The van der Waals surface area contributed by atoms with Gasteiger partial charge in [-0.2, -0.15) is 0 Å². The Hall–Kier alpha value is -1.41. The third-order valence-electron chi connectivity index (χ3n) is 2.91. The molecule has 0 saturated heterocycles. The highest BCUT2D eigenvalue weighted by molar-refractivity contribution is 5.15. The van der Waals surface area contributed by atoms with Gasteiger partial charge in [-0.15, -0.1) is 6.42 Å². The smallest absolute Gasteiger partial charge is 0.123 e. The first-order valence-electron chi connectivity index (χ1n) is 7.17. The van der Waals surface area contributed by atoms with Gasteiger partial charge in [-0.25, -0.2) is 4.39 Å². The zero-order valence-corrected chi connectivity index (χ0v) is 12.8. The maximum atomic E-state index is 12.9. The zero-order valence-electron chi connectivity index (χ0n) is 12.8. The van der Waals surface area contributed by atoms with Crippen LogP contribution < -0.4 is 0 Å². The number of aliphatic hydroxyl groups excluding tert-OH is 1. The molecule has 0 aliphatic rings. The quantitative estimate of drug-likeness (QED) is 0.560. The monoisotopic (exact) mass is 293 g/mol. The SMILES string of the molecule is C#CCOCC(O)CN(Cc1ccc(F)cc1)CC(C)C. The van der Waals surface area contributed by atoms with E-state index in [9.17, 15) is 9.50 Å². The molecule has 0 spiro atoms. The highest BCUT2D eigenvalue weighted by atomic mass is 19.1. The fourth-order valence-corrected chi connectivity index (χ4v) is 2.17. The van der Waals surface area contributed by atoms with Gasteiger partial charge in [-0.05, 0) is 23.6 Å². The Labute approximate surface area is 126 Å². The van der Waals surface area contributed by atoms with Crippen molar-refractivity contribution in [3.8, 4) is 12.3 Å². The van der Waals surface area contributed by atoms with Crippen LogP contribution in [0.1, 0.15) is 19.4 Å². The van der Waals surface area contributed by atoms with Crippen LogP contribution in [0, 0.1) is 24.1 Å². The number of hydrogen-bond acceptors (Lipinski definition) is 3. The highest BCUT2D eigenvalue weighted by Gasteiger charge is 2.14. The average molecular weight is 293 g/mol. The molecule has 0 radical (unpaired) electrons. The van der Waals surface area contributed by atoms with Crippen molar-refractivity contribution in [3.63, 3.8) is 0 Å². The minimum absolute atomic E-state index is 0.208. The van der Waals surface area contributed by atoms with E-state index in [-0.39, 0.29) is 19.0 Å². The molecule has 3 nitrogen and oxygen atoms in total. The molecule has 0 heterocycles. The highest BCUT2D eigenvalue weighted by Crippen LogP contribution is 2.09. The summed E-state index contributed by atoms with van der Waals surface area (Å²) in [6.07, 6.45) is 4.51. The molecule has 0 aliphatic carbocycles. The third-order valence-corrected chi connectivity index (χ3v) is 2.91. The van der Waals surface area contributed by atoms with E-state index in [1.165, 1.54) is 12.1 Å². The fraction of sp³-hybridized carbons (Fsp3) is 0.529. The molecule has 1 unspecified atom stereocenters.